The molecule has 108 valence electrons. The number of aromatic carboxylic acids is 1. The molecule has 0 unspecified atom stereocenters. The summed E-state index contributed by atoms with van der Waals surface area (Å²) in [5.74, 6) is -1.31. The molecule has 7 heteroatoms. The standard InChI is InChI=1S/C14H11BrN2O4/c15-10-4-2-5-11(7-10)16-8-9-3-1-6-12(17(20)21)13(9)14(18)19/h1-7,16H,8H2,(H,18,19). The molecule has 0 fully saturated rings. The largest absolute Gasteiger partial charge is 0.477 e. The molecule has 0 spiro atoms. The first-order valence-electron chi connectivity index (χ1n) is 5.98. The van der Waals surface area contributed by atoms with Crippen LogP contribution in [0.2, 0.25) is 0 Å². The van der Waals surface area contributed by atoms with Crippen LogP contribution in [0.25, 0.3) is 0 Å². The van der Waals surface area contributed by atoms with Crippen LogP contribution >= 0.6 is 15.9 Å². The van der Waals surface area contributed by atoms with Crippen LogP contribution in [0.3, 0.4) is 0 Å². The SMILES string of the molecule is O=C(O)c1c(CNc2cccc(Br)c2)cccc1[N+](=O)[O-]. The average molecular weight is 351 g/mol. The fourth-order valence-electron chi connectivity index (χ4n) is 1.93. The smallest absolute Gasteiger partial charge is 0.343 e. The Morgan fingerprint density at radius 1 is 1.29 bits per heavy atom. The average Bonchev–Trinajstić information content (AvgIpc) is 2.44. The Balaban J connectivity index is 2.30. The van der Waals surface area contributed by atoms with Crippen LogP contribution in [0.15, 0.2) is 46.9 Å². The minimum absolute atomic E-state index is 0.180. The molecule has 0 saturated carbocycles. The van der Waals surface area contributed by atoms with Gasteiger partial charge in [0.2, 0.25) is 0 Å². The maximum Gasteiger partial charge on any atom is 0.343 e. The molecule has 0 aliphatic heterocycles. The van der Waals surface area contributed by atoms with Gasteiger partial charge in [0.15, 0.2) is 0 Å². The summed E-state index contributed by atoms with van der Waals surface area (Å²) in [4.78, 5) is 21.5. The molecule has 0 amide bonds. The molecule has 21 heavy (non-hydrogen) atoms. The number of hydrogen-bond donors (Lipinski definition) is 2. The van der Waals surface area contributed by atoms with Crippen LogP contribution in [0, 0.1) is 10.1 Å². The lowest BCUT2D eigenvalue weighted by molar-refractivity contribution is -0.385. The minimum Gasteiger partial charge on any atom is -0.477 e. The number of anilines is 1. The molecule has 0 saturated heterocycles. The van der Waals surface area contributed by atoms with Crippen LogP contribution in [-0.4, -0.2) is 16.0 Å². The second kappa shape index (κ2) is 6.36. The Labute approximate surface area is 128 Å². The van der Waals surface area contributed by atoms with Crippen molar-refractivity contribution in [2.75, 3.05) is 5.32 Å². The van der Waals surface area contributed by atoms with E-state index in [-0.39, 0.29) is 12.1 Å². The van der Waals surface area contributed by atoms with Gasteiger partial charge >= 0.3 is 5.97 Å². The molecule has 0 aliphatic rings. The summed E-state index contributed by atoms with van der Waals surface area (Å²) < 4.78 is 0.880. The van der Waals surface area contributed by atoms with Gasteiger partial charge in [0.1, 0.15) is 5.56 Å². The number of nitro groups is 1. The number of carbonyl (C=O) groups is 1. The summed E-state index contributed by atoms with van der Waals surface area (Å²) in [7, 11) is 0. The zero-order valence-corrected chi connectivity index (χ0v) is 12.3. The molecule has 0 aliphatic carbocycles. The zero-order valence-electron chi connectivity index (χ0n) is 10.7. The molecule has 0 heterocycles. The highest BCUT2D eigenvalue weighted by atomic mass is 79.9. The van der Waals surface area contributed by atoms with Crippen molar-refractivity contribution >= 4 is 33.3 Å². The van der Waals surface area contributed by atoms with Crippen LogP contribution in [0.1, 0.15) is 15.9 Å². The molecular formula is C14H11BrN2O4. The number of carboxylic acids is 1. The highest BCUT2D eigenvalue weighted by molar-refractivity contribution is 9.10. The fraction of sp³-hybridized carbons (Fsp3) is 0.0714. The summed E-state index contributed by atoms with van der Waals surface area (Å²) in [5.41, 5.74) is 0.449. The maximum atomic E-state index is 11.3. The van der Waals surface area contributed by atoms with E-state index in [1.807, 2.05) is 24.3 Å². The van der Waals surface area contributed by atoms with Gasteiger partial charge in [-0.1, -0.05) is 34.1 Å². The first-order chi connectivity index (χ1) is 9.99. The lowest BCUT2D eigenvalue weighted by Crippen LogP contribution is -2.10. The molecule has 0 bridgehead atoms. The topological polar surface area (TPSA) is 92.5 Å². The van der Waals surface area contributed by atoms with Crippen LogP contribution in [0.5, 0.6) is 0 Å². The molecule has 0 atom stereocenters. The third kappa shape index (κ3) is 3.57. The van der Waals surface area contributed by atoms with Gasteiger partial charge in [0.25, 0.3) is 5.69 Å². The molecule has 2 rings (SSSR count). The van der Waals surface area contributed by atoms with E-state index in [1.54, 1.807) is 6.07 Å². The van der Waals surface area contributed by atoms with Gasteiger partial charge < -0.3 is 10.4 Å². The van der Waals surface area contributed by atoms with Crippen molar-refractivity contribution in [3.05, 3.63) is 68.2 Å². The number of nitrogens with one attached hydrogen (secondary N) is 1. The summed E-state index contributed by atoms with van der Waals surface area (Å²) in [5, 5.41) is 23.2. The van der Waals surface area contributed by atoms with Gasteiger partial charge in [-0.05, 0) is 23.8 Å². The van der Waals surface area contributed by atoms with Crippen molar-refractivity contribution in [1.82, 2.24) is 0 Å². The van der Waals surface area contributed by atoms with Gasteiger partial charge in [0.05, 0.1) is 4.92 Å². The van der Waals surface area contributed by atoms with Gasteiger partial charge in [0, 0.05) is 22.8 Å². The van der Waals surface area contributed by atoms with Crippen molar-refractivity contribution in [3.8, 4) is 0 Å². The Morgan fingerprint density at radius 3 is 2.62 bits per heavy atom. The van der Waals surface area contributed by atoms with Crippen LogP contribution < -0.4 is 5.32 Å². The first kappa shape index (κ1) is 15.0. The number of nitro benzene ring substituents is 1. The van der Waals surface area contributed by atoms with Crippen molar-refractivity contribution in [1.29, 1.82) is 0 Å². The Hall–Kier alpha value is -2.41. The lowest BCUT2D eigenvalue weighted by atomic mass is 10.1. The van der Waals surface area contributed by atoms with E-state index in [4.69, 9.17) is 0 Å². The number of halogens is 1. The van der Waals surface area contributed by atoms with E-state index < -0.39 is 16.6 Å². The highest BCUT2D eigenvalue weighted by Gasteiger charge is 2.23. The van der Waals surface area contributed by atoms with E-state index in [9.17, 15) is 20.0 Å². The van der Waals surface area contributed by atoms with E-state index in [1.165, 1.54) is 12.1 Å². The Morgan fingerprint density at radius 2 is 2.00 bits per heavy atom. The number of hydrogen-bond acceptors (Lipinski definition) is 4. The molecule has 6 nitrogen and oxygen atoms in total. The van der Waals surface area contributed by atoms with E-state index in [2.05, 4.69) is 21.2 Å². The number of benzene rings is 2. The minimum atomic E-state index is -1.31. The quantitative estimate of drug-likeness (QED) is 0.633. The molecule has 2 aromatic rings. The predicted molar refractivity (Wildman–Crippen MR) is 81.5 cm³/mol. The van der Waals surface area contributed by atoms with Gasteiger partial charge in [-0.25, -0.2) is 4.79 Å². The number of rotatable bonds is 5. The molecule has 2 aromatic carbocycles. The fourth-order valence-corrected chi connectivity index (χ4v) is 2.33. The summed E-state index contributed by atoms with van der Waals surface area (Å²) in [6.45, 7) is 0.180. The summed E-state index contributed by atoms with van der Waals surface area (Å²) in [6.07, 6.45) is 0. The summed E-state index contributed by atoms with van der Waals surface area (Å²) in [6, 6.07) is 11.6. The van der Waals surface area contributed by atoms with Gasteiger partial charge in [-0.2, -0.15) is 0 Å². The Kier molecular flexibility index (Phi) is 4.54. The van der Waals surface area contributed by atoms with Crippen molar-refractivity contribution in [2.45, 2.75) is 6.54 Å². The van der Waals surface area contributed by atoms with Crippen molar-refractivity contribution in [3.63, 3.8) is 0 Å². The van der Waals surface area contributed by atoms with Crippen LogP contribution in [0.4, 0.5) is 11.4 Å². The number of nitrogens with zero attached hydrogens (tertiary/aromatic N) is 1. The summed E-state index contributed by atoms with van der Waals surface area (Å²) >= 11 is 3.33. The van der Waals surface area contributed by atoms with E-state index >= 15 is 0 Å². The normalized spacial score (nSPS) is 10.1. The van der Waals surface area contributed by atoms with E-state index in [0.29, 0.717) is 5.56 Å². The van der Waals surface area contributed by atoms with Gasteiger partial charge in [-0.15, -0.1) is 0 Å². The molecule has 0 radical (unpaired) electrons. The molecular weight excluding hydrogens is 340 g/mol. The monoisotopic (exact) mass is 350 g/mol. The first-order valence-corrected chi connectivity index (χ1v) is 6.77. The van der Waals surface area contributed by atoms with E-state index in [0.717, 1.165) is 10.2 Å². The third-order valence-corrected chi connectivity index (χ3v) is 3.34. The van der Waals surface area contributed by atoms with Crippen molar-refractivity contribution < 1.29 is 14.8 Å². The van der Waals surface area contributed by atoms with Gasteiger partial charge in [-0.3, -0.25) is 10.1 Å². The lowest BCUT2D eigenvalue weighted by Gasteiger charge is -2.09. The van der Waals surface area contributed by atoms with Crippen LogP contribution in [-0.2, 0) is 6.54 Å². The number of carboxylic acid groups (broad SMARTS) is 1. The Bertz CT molecular complexity index is 703. The molecule has 0 aromatic heterocycles. The third-order valence-electron chi connectivity index (χ3n) is 2.85. The van der Waals surface area contributed by atoms with Crippen molar-refractivity contribution in [2.24, 2.45) is 0 Å². The highest BCUT2D eigenvalue weighted by Crippen LogP contribution is 2.24. The predicted octanol–water partition coefficient (Wildman–Crippen LogP) is 3.67. The zero-order chi connectivity index (χ0) is 15.4. The maximum absolute atomic E-state index is 11.3. The second-order valence-corrected chi connectivity index (χ2v) is 5.15. The second-order valence-electron chi connectivity index (χ2n) is 4.24. The molecule has 2 N–H and O–H groups in total.